The molecule has 0 N–H and O–H groups in total. The molecule has 1 aliphatic heterocycles. The largest absolute Gasteiger partial charge is 0.465 e. The highest BCUT2D eigenvalue weighted by Gasteiger charge is 2.30. The number of cyclic esters (lactones) is 1. The molecular weight excluding hydrogens is 342 g/mol. The third kappa shape index (κ3) is 3.09. The highest BCUT2D eigenvalue weighted by atomic mass is 32.2. The molecule has 0 radical (unpaired) electrons. The van der Waals surface area contributed by atoms with Gasteiger partial charge in [0.1, 0.15) is 11.1 Å². The lowest BCUT2D eigenvalue weighted by Gasteiger charge is -2.11. The van der Waals surface area contributed by atoms with Crippen LogP contribution in [0.5, 0.6) is 0 Å². The van der Waals surface area contributed by atoms with Gasteiger partial charge in [-0.1, -0.05) is 36.0 Å². The van der Waals surface area contributed by atoms with Gasteiger partial charge in [0.25, 0.3) is 0 Å². The summed E-state index contributed by atoms with van der Waals surface area (Å²) in [7, 11) is 0. The molecule has 1 atom stereocenters. The minimum atomic E-state index is -0.203. The first-order valence-corrected chi connectivity index (χ1v) is 9.42. The van der Waals surface area contributed by atoms with Crippen LogP contribution in [0.25, 0.3) is 5.69 Å². The van der Waals surface area contributed by atoms with E-state index in [2.05, 4.69) is 21.6 Å². The van der Waals surface area contributed by atoms with Crippen molar-refractivity contribution in [2.24, 2.45) is 0 Å². The van der Waals surface area contributed by atoms with Gasteiger partial charge in [0.15, 0.2) is 5.16 Å². The molecule has 0 saturated carbocycles. The maximum atomic E-state index is 11.8. The van der Waals surface area contributed by atoms with E-state index in [-0.39, 0.29) is 11.2 Å². The van der Waals surface area contributed by atoms with Crippen molar-refractivity contribution >= 4 is 29.1 Å². The average molecular weight is 357 g/mol. The molecule has 4 rings (SSSR count). The van der Waals surface area contributed by atoms with Gasteiger partial charge in [-0.3, -0.25) is 9.36 Å². The van der Waals surface area contributed by atoms with Crippen LogP contribution in [0, 0.1) is 0 Å². The fraction of sp³-hybridized carbons (Fsp3) is 0.235. The number of carbonyl (C=O) groups excluding carboxylic acids is 1. The van der Waals surface area contributed by atoms with Crippen LogP contribution in [0.3, 0.4) is 0 Å². The lowest BCUT2D eigenvalue weighted by Crippen LogP contribution is -2.11. The molecule has 1 aromatic carbocycles. The molecule has 1 saturated heterocycles. The molecule has 0 unspecified atom stereocenters. The van der Waals surface area contributed by atoms with Gasteiger partial charge in [-0.25, -0.2) is 0 Å². The SMILES string of the molecule is O=C1OCC[C@@H]1Sc1nnc(Cc2cccs2)n1-c1ccccc1. The number of nitrogens with zero attached hydrogens (tertiary/aromatic N) is 3. The molecule has 7 heteroatoms. The average Bonchev–Trinajstić information content (AvgIpc) is 3.33. The zero-order valence-electron chi connectivity index (χ0n) is 12.8. The number of para-hydroxylation sites is 1. The van der Waals surface area contributed by atoms with Crippen LogP contribution >= 0.6 is 23.1 Å². The number of aromatic nitrogens is 3. The second kappa shape index (κ2) is 6.78. The van der Waals surface area contributed by atoms with E-state index in [1.165, 1.54) is 16.6 Å². The summed E-state index contributed by atoms with van der Waals surface area (Å²) < 4.78 is 7.10. The topological polar surface area (TPSA) is 57.0 Å². The van der Waals surface area contributed by atoms with Crippen LogP contribution in [-0.2, 0) is 16.0 Å². The van der Waals surface area contributed by atoms with Gasteiger partial charge in [0.2, 0.25) is 0 Å². The first-order valence-electron chi connectivity index (χ1n) is 7.66. The number of thioether (sulfide) groups is 1. The number of carbonyl (C=O) groups is 1. The van der Waals surface area contributed by atoms with E-state index < -0.39 is 0 Å². The van der Waals surface area contributed by atoms with Gasteiger partial charge in [-0.15, -0.1) is 21.5 Å². The second-order valence-corrected chi connectivity index (χ2v) is 7.59. The predicted molar refractivity (Wildman–Crippen MR) is 93.7 cm³/mol. The molecule has 0 spiro atoms. The summed E-state index contributed by atoms with van der Waals surface area (Å²) in [6, 6.07) is 14.1. The summed E-state index contributed by atoms with van der Waals surface area (Å²) in [5.74, 6) is 0.708. The molecular formula is C17H15N3O2S2. The summed E-state index contributed by atoms with van der Waals surface area (Å²) >= 11 is 3.13. The molecule has 1 fully saturated rings. The van der Waals surface area contributed by atoms with Gasteiger partial charge in [-0.05, 0) is 23.6 Å². The lowest BCUT2D eigenvalue weighted by atomic mass is 10.3. The van der Waals surface area contributed by atoms with E-state index in [9.17, 15) is 4.79 Å². The summed E-state index contributed by atoms with van der Waals surface area (Å²) in [6.45, 7) is 0.484. The smallest absolute Gasteiger partial charge is 0.319 e. The van der Waals surface area contributed by atoms with Crippen molar-refractivity contribution < 1.29 is 9.53 Å². The number of esters is 1. The van der Waals surface area contributed by atoms with Crippen molar-refractivity contribution in [1.82, 2.24) is 14.8 Å². The zero-order chi connectivity index (χ0) is 16.4. The Labute approximate surface area is 147 Å². The molecule has 24 heavy (non-hydrogen) atoms. The highest BCUT2D eigenvalue weighted by Crippen LogP contribution is 2.31. The van der Waals surface area contributed by atoms with E-state index >= 15 is 0 Å². The Hall–Kier alpha value is -2.12. The number of ether oxygens (including phenoxy) is 1. The summed E-state index contributed by atoms with van der Waals surface area (Å²) in [6.07, 6.45) is 1.43. The van der Waals surface area contributed by atoms with Crippen LogP contribution in [0.2, 0.25) is 0 Å². The fourth-order valence-corrected chi connectivity index (χ4v) is 4.35. The molecule has 2 aromatic heterocycles. The Bertz CT molecular complexity index is 831. The standard InChI is InChI=1S/C17H15N3O2S2/c21-16-14(8-9-22-16)24-17-19-18-15(11-13-7-4-10-23-13)20(17)12-5-2-1-3-6-12/h1-7,10,14H,8-9,11H2/t14-/m0/s1. The van der Waals surface area contributed by atoms with Crippen LogP contribution < -0.4 is 0 Å². The number of thiophene rings is 1. The normalized spacial score (nSPS) is 17.2. The van der Waals surface area contributed by atoms with Crippen LogP contribution in [-0.4, -0.2) is 32.6 Å². The van der Waals surface area contributed by atoms with Crippen LogP contribution in [0.15, 0.2) is 53.0 Å². The Morgan fingerprint density at radius 3 is 2.79 bits per heavy atom. The number of hydrogen-bond donors (Lipinski definition) is 0. The fourth-order valence-electron chi connectivity index (χ4n) is 2.61. The van der Waals surface area contributed by atoms with E-state index in [0.717, 1.165) is 23.1 Å². The maximum Gasteiger partial charge on any atom is 0.319 e. The molecule has 1 aliphatic rings. The van der Waals surface area contributed by atoms with Crippen molar-refractivity contribution in [3.8, 4) is 5.69 Å². The molecule has 3 heterocycles. The van der Waals surface area contributed by atoms with Crippen molar-refractivity contribution in [3.05, 3.63) is 58.5 Å². The predicted octanol–water partition coefficient (Wildman–Crippen LogP) is 3.33. The van der Waals surface area contributed by atoms with Gasteiger partial charge < -0.3 is 4.74 Å². The van der Waals surface area contributed by atoms with E-state index in [1.807, 2.05) is 41.0 Å². The Morgan fingerprint density at radius 1 is 1.21 bits per heavy atom. The Kier molecular flexibility index (Phi) is 4.36. The highest BCUT2D eigenvalue weighted by molar-refractivity contribution is 8.00. The van der Waals surface area contributed by atoms with Crippen LogP contribution in [0.1, 0.15) is 17.1 Å². The second-order valence-electron chi connectivity index (χ2n) is 5.39. The van der Waals surface area contributed by atoms with E-state index in [1.54, 1.807) is 11.3 Å². The zero-order valence-corrected chi connectivity index (χ0v) is 14.4. The molecule has 5 nitrogen and oxygen atoms in total. The summed E-state index contributed by atoms with van der Waals surface area (Å²) in [5.41, 5.74) is 1.00. The number of hydrogen-bond acceptors (Lipinski definition) is 6. The van der Waals surface area contributed by atoms with Gasteiger partial charge >= 0.3 is 5.97 Å². The summed E-state index contributed by atoms with van der Waals surface area (Å²) in [4.78, 5) is 13.0. The minimum absolute atomic E-state index is 0.164. The molecule has 0 aliphatic carbocycles. The van der Waals surface area contributed by atoms with Crippen molar-refractivity contribution in [3.63, 3.8) is 0 Å². The third-order valence-electron chi connectivity index (χ3n) is 3.76. The van der Waals surface area contributed by atoms with Crippen molar-refractivity contribution in [2.45, 2.75) is 23.2 Å². The van der Waals surface area contributed by atoms with Gasteiger partial charge in [-0.2, -0.15) is 0 Å². The van der Waals surface area contributed by atoms with Crippen molar-refractivity contribution in [2.75, 3.05) is 6.61 Å². The molecule has 122 valence electrons. The van der Waals surface area contributed by atoms with Crippen LogP contribution in [0.4, 0.5) is 0 Å². The van der Waals surface area contributed by atoms with Gasteiger partial charge in [0.05, 0.1) is 6.61 Å². The molecule has 0 amide bonds. The number of benzene rings is 1. The van der Waals surface area contributed by atoms with E-state index in [0.29, 0.717) is 13.0 Å². The Morgan fingerprint density at radius 2 is 2.08 bits per heavy atom. The number of rotatable bonds is 5. The van der Waals surface area contributed by atoms with Crippen molar-refractivity contribution in [1.29, 1.82) is 0 Å². The van der Waals surface area contributed by atoms with E-state index in [4.69, 9.17) is 4.74 Å². The minimum Gasteiger partial charge on any atom is -0.465 e. The molecule has 3 aromatic rings. The molecule has 0 bridgehead atoms. The maximum absolute atomic E-state index is 11.8. The first-order chi connectivity index (χ1) is 11.8. The lowest BCUT2D eigenvalue weighted by molar-refractivity contribution is -0.137. The quantitative estimate of drug-likeness (QED) is 0.656. The van der Waals surface area contributed by atoms with Gasteiger partial charge in [0, 0.05) is 23.4 Å². The summed E-state index contributed by atoms with van der Waals surface area (Å²) in [5, 5.41) is 11.3. The Balaban J connectivity index is 1.70. The first kappa shape index (κ1) is 15.4. The monoisotopic (exact) mass is 357 g/mol. The third-order valence-corrected chi connectivity index (χ3v) is 5.83.